The summed E-state index contributed by atoms with van der Waals surface area (Å²) in [5, 5.41) is 3.62. The van der Waals surface area contributed by atoms with E-state index in [1.54, 1.807) is 43.3 Å². The van der Waals surface area contributed by atoms with Gasteiger partial charge in [-0.15, -0.1) is 0 Å². The largest absolute Gasteiger partial charge is 0.452 e. The van der Waals surface area contributed by atoms with Gasteiger partial charge in [-0.1, -0.05) is 35.3 Å². The van der Waals surface area contributed by atoms with E-state index < -0.39 is 18.5 Å². The smallest absolute Gasteiger partial charge is 0.338 e. The maximum absolute atomic E-state index is 11.8. The zero-order valence-corrected chi connectivity index (χ0v) is 13.2. The van der Waals surface area contributed by atoms with Crippen LogP contribution >= 0.6 is 23.2 Å². The van der Waals surface area contributed by atoms with Crippen LogP contribution in [0.4, 0.5) is 5.69 Å². The van der Waals surface area contributed by atoms with E-state index in [0.717, 1.165) is 5.56 Å². The van der Waals surface area contributed by atoms with Crippen molar-refractivity contribution in [2.24, 2.45) is 0 Å². The van der Waals surface area contributed by atoms with Crippen LogP contribution in [0.25, 0.3) is 0 Å². The Bertz CT molecular complexity index is 716. The van der Waals surface area contributed by atoms with Crippen molar-refractivity contribution in [3.05, 3.63) is 63.6 Å². The van der Waals surface area contributed by atoms with Gasteiger partial charge in [-0.2, -0.15) is 0 Å². The topological polar surface area (TPSA) is 55.4 Å². The molecule has 0 radical (unpaired) electrons. The average Bonchev–Trinajstić information content (AvgIpc) is 2.49. The molecule has 2 aromatic carbocycles. The number of anilines is 1. The summed E-state index contributed by atoms with van der Waals surface area (Å²) in [6.07, 6.45) is 0. The number of amides is 1. The van der Waals surface area contributed by atoms with Gasteiger partial charge in [0.25, 0.3) is 5.91 Å². The summed E-state index contributed by atoms with van der Waals surface area (Å²) >= 11 is 11.8. The fraction of sp³-hybridized carbons (Fsp3) is 0.125. The van der Waals surface area contributed by atoms with Crippen LogP contribution in [0.1, 0.15) is 15.9 Å². The van der Waals surface area contributed by atoms with Crippen LogP contribution in [0.5, 0.6) is 0 Å². The fourth-order valence-electron chi connectivity index (χ4n) is 1.76. The summed E-state index contributed by atoms with van der Waals surface area (Å²) in [5.74, 6) is -1.05. The average molecular weight is 338 g/mol. The van der Waals surface area contributed by atoms with E-state index in [-0.39, 0.29) is 0 Å². The number of hydrogen-bond donors (Lipinski definition) is 1. The van der Waals surface area contributed by atoms with Gasteiger partial charge < -0.3 is 10.1 Å². The molecule has 0 aromatic heterocycles. The lowest BCUT2D eigenvalue weighted by Gasteiger charge is -2.10. The second-order valence-corrected chi connectivity index (χ2v) is 5.39. The number of benzene rings is 2. The third-order valence-electron chi connectivity index (χ3n) is 2.94. The Hall–Kier alpha value is -2.04. The van der Waals surface area contributed by atoms with Gasteiger partial charge in [0.2, 0.25) is 0 Å². The minimum Gasteiger partial charge on any atom is -0.452 e. The summed E-state index contributed by atoms with van der Waals surface area (Å²) in [6, 6.07) is 11.5. The highest BCUT2D eigenvalue weighted by Gasteiger charge is 2.12. The fourth-order valence-corrected chi connectivity index (χ4v) is 2.12. The normalized spacial score (nSPS) is 10.1. The molecule has 0 saturated carbocycles. The molecule has 1 amide bonds. The first kappa shape index (κ1) is 16.3. The van der Waals surface area contributed by atoms with Gasteiger partial charge in [-0.05, 0) is 42.8 Å². The quantitative estimate of drug-likeness (QED) is 0.854. The van der Waals surface area contributed by atoms with Crippen LogP contribution in [0.2, 0.25) is 10.0 Å². The molecule has 0 atom stereocenters. The lowest BCUT2D eigenvalue weighted by Crippen LogP contribution is -2.21. The Balaban J connectivity index is 1.93. The third-order valence-corrected chi connectivity index (χ3v) is 3.58. The number of hydrogen-bond acceptors (Lipinski definition) is 3. The number of rotatable bonds is 4. The first-order valence-electron chi connectivity index (χ1n) is 6.45. The van der Waals surface area contributed by atoms with Crippen molar-refractivity contribution in [3.63, 3.8) is 0 Å². The predicted molar refractivity (Wildman–Crippen MR) is 86.6 cm³/mol. The molecule has 114 valence electrons. The van der Waals surface area contributed by atoms with E-state index in [9.17, 15) is 9.59 Å². The van der Waals surface area contributed by atoms with E-state index in [1.807, 2.05) is 0 Å². The van der Waals surface area contributed by atoms with Gasteiger partial charge in [-0.25, -0.2) is 4.79 Å². The highest BCUT2D eigenvalue weighted by molar-refractivity contribution is 6.31. The number of halogens is 2. The van der Waals surface area contributed by atoms with Crippen LogP contribution in [0.3, 0.4) is 0 Å². The molecule has 0 bridgehead atoms. The summed E-state index contributed by atoms with van der Waals surface area (Å²) in [6.45, 7) is 1.40. The van der Waals surface area contributed by atoms with Gasteiger partial charge in [0.1, 0.15) is 0 Å². The second kappa shape index (κ2) is 7.29. The van der Waals surface area contributed by atoms with Crippen molar-refractivity contribution in [2.45, 2.75) is 6.92 Å². The van der Waals surface area contributed by atoms with Crippen molar-refractivity contribution in [2.75, 3.05) is 11.9 Å². The SMILES string of the molecule is Cc1c(Cl)cccc1NC(=O)COC(=O)c1cccc(Cl)c1. The Morgan fingerprint density at radius 1 is 1.14 bits per heavy atom. The molecule has 0 aliphatic rings. The Labute approximate surface area is 138 Å². The van der Waals surface area contributed by atoms with Crippen LogP contribution < -0.4 is 5.32 Å². The van der Waals surface area contributed by atoms with E-state index >= 15 is 0 Å². The Morgan fingerprint density at radius 3 is 2.59 bits per heavy atom. The number of nitrogens with one attached hydrogen (secondary N) is 1. The molecule has 2 rings (SSSR count). The van der Waals surface area contributed by atoms with Crippen LogP contribution in [0.15, 0.2) is 42.5 Å². The first-order valence-corrected chi connectivity index (χ1v) is 7.20. The number of carbonyl (C=O) groups is 2. The molecule has 0 fully saturated rings. The molecule has 6 heteroatoms. The van der Waals surface area contributed by atoms with Crippen molar-refractivity contribution in [1.29, 1.82) is 0 Å². The predicted octanol–water partition coefficient (Wildman–Crippen LogP) is 4.10. The molecule has 2 aromatic rings. The Morgan fingerprint density at radius 2 is 1.86 bits per heavy atom. The molecule has 0 spiro atoms. The maximum atomic E-state index is 11.8. The van der Waals surface area contributed by atoms with Gasteiger partial charge >= 0.3 is 5.97 Å². The maximum Gasteiger partial charge on any atom is 0.338 e. The standard InChI is InChI=1S/C16H13Cl2NO3/c1-10-13(18)6-3-7-14(10)19-15(20)9-22-16(21)11-4-2-5-12(17)8-11/h2-8H,9H2,1H3,(H,19,20). The van der Waals surface area contributed by atoms with E-state index in [0.29, 0.717) is 21.3 Å². The Kier molecular flexibility index (Phi) is 5.41. The lowest BCUT2D eigenvalue weighted by atomic mass is 10.2. The number of ether oxygens (including phenoxy) is 1. The van der Waals surface area contributed by atoms with E-state index in [2.05, 4.69) is 5.32 Å². The van der Waals surface area contributed by atoms with Crippen LogP contribution in [-0.4, -0.2) is 18.5 Å². The molecule has 22 heavy (non-hydrogen) atoms. The monoisotopic (exact) mass is 337 g/mol. The summed E-state index contributed by atoms with van der Waals surface area (Å²) < 4.78 is 4.94. The molecule has 0 unspecified atom stereocenters. The minimum atomic E-state index is -0.611. The minimum absolute atomic E-state index is 0.291. The van der Waals surface area contributed by atoms with Crippen molar-refractivity contribution < 1.29 is 14.3 Å². The van der Waals surface area contributed by atoms with Crippen molar-refractivity contribution in [3.8, 4) is 0 Å². The molecule has 0 saturated heterocycles. The van der Waals surface area contributed by atoms with Crippen molar-refractivity contribution >= 4 is 40.8 Å². The zero-order valence-electron chi connectivity index (χ0n) is 11.7. The molecule has 1 N–H and O–H groups in total. The molecule has 0 heterocycles. The van der Waals surface area contributed by atoms with Gasteiger partial charge in [0.05, 0.1) is 5.56 Å². The first-order chi connectivity index (χ1) is 10.5. The highest BCUT2D eigenvalue weighted by atomic mass is 35.5. The van der Waals surface area contributed by atoms with E-state index in [4.69, 9.17) is 27.9 Å². The van der Waals surface area contributed by atoms with Crippen LogP contribution in [0, 0.1) is 6.92 Å². The molecular weight excluding hydrogens is 325 g/mol. The lowest BCUT2D eigenvalue weighted by molar-refractivity contribution is -0.119. The van der Waals surface area contributed by atoms with E-state index in [1.165, 1.54) is 6.07 Å². The number of carbonyl (C=O) groups excluding carboxylic acids is 2. The second-order valence-electron chi connectivity index (χ2n) is 4.55. The molecule has 0 aliphatic heterocycles. The van der Waals surface area contributed by atoms with Gasteiger partial charge in [-0.3, -0.25) is 4.79 Å². The summed E-state index contributed by atoms with van der Waals surface area (Å²) in [5.41, 5.74) is 1.62. The summed E-state index contributed by atoms with van der Waals surface area (Å²) in [4.78, 5) is 23.6. The third kappa shape index (κ3) is 4.23. The zero-order chi connectivity index (χ0) is 16.1. The number of esters is 1. The van der Waals surface area contributed by atoms with Gasteiger partial charge in [0, 0.05) is 15.7 Å². The molecular formula is C16H13Cl2NO3. The molecule has 0 aliphatic carbocycles. The molecule has 4 nitrogen and oxygen atoms in total. The van der Waals surface area contributed by atoms with Crippen molar-refractivity contribution in [1.82, 2.24) is 0 Å². The summed E-state index contributed by atoms with van der Waals surface area (Å²) in [7, 11) is 0. The highest BCUT2D eigenvalue weighted by Crippen LogP contribution is 2.22. The van der Waals surface area contributed by atoms with Gasteiger partial charge in [0.15, 0.2) is 6.61 Å². The van der Waals surface area contributed by atoms with Crippen LogP contribution in [-0.2, 0) is 9.53 Å².